The van der Waals surface area contributed by atoms with Crippen molar-refractivity contribution >= 4 is 78.9 Å². The van der Waals surface area contributed by atoms with Crippen molar-refractivity contribution < 1.29 is 4.42 Å². The van der Waals surface area contributed by atoms with E-state index in [0.717, 1.165) is 16.6 Å². The molecule has 4 heterocycles. The van der Waals surface area contributed by atoms with Crippen molar-refractivity contribution in [2.24, 2.45) is 0 Å². The van der Waals surface area contributed by atoms with Crippen LogP contribution >= 0.6 is 0 Å². The maximum atomic E-state index is 6.65. The Labute approximate surface area is 323 Å². The molecule has 3 aliphatic heterocycles. The van der Waals surface area contributed by atoms with Gasteiger partial charge in [0.1, 0.15) is 11.2 Å². The van der Waals surface area contributed by atoms with Gasteiger partial charge in [0.25, 0.3) is 0 Å². The van der Waals surface area contributed by atoms with Crippen LogP contribution < -0.4 is 20.6 Å². The van der Waals surface area contributed by atoms with Crippen LogP contribution in [0.5, 0.6) is 0 Å². The third-order valence-corrected chi connectivity index (χ3v) is 14.1. The number of nitrogens with zero attached hydrogens (tertiary/aromatic N) is 2. The molecule has 55 heavy (non-hydrogen) atoms. The minimum absolute atomic E-state index is 0.0530. The summed E-state index contributed by atoms with van der Waals surface area (Å²) in [6.45, 7) is 14.5. The molecule has 0 unspecified atom stereocenters. The zero-order valence-corrected chi connectivity index (χ0v) is 32.4. The molecule has 1 aromatic heterocycles. The fourth-order valence-electron chi connectivity index (χ4n) is 11.2. The van der Waals surface area contributed by atoms with Crippen molar-refractivity contribution in [1.82, 2.24) is 0 Å². The van der Waals surface area contributed by atoms with Crippen molar-refractivity contribution in [2.45, 2.75) is 70.6 Å². The van der Waals surface area contributed by atoms with Gasteiger partial charge < -0.3 is 14.1 Å². The topological polar surface area (TPSA) is 19.6 Å². The number of anilines is 5. The first kappa shape index (κ1) is 31.6. The molecule has 7 aromatic carbocycles. The molecule has 0 radical (unpaired) electrons. The number of fused-ring (bicyclic) bond motifs is 13. The third kappa shape index (κ3) is 3.92. The molecule has 1 aliphatic carbocycles. The predicted molar refractivity (Wildman–Crippen MR) is 232 cm³/mol. The predicted octanol–water partition coefficient (Wildman–Crippen LogP) is 12.4. The Morgan fingerprint density at radius 2 is 1.29 bits per heavy atom. The van der Waals surface area contributed by atoms with Gasteiger partial charge in [-0.15, -0.1) is 0 Å². The summed E-state index contributed by atoms with van der Waals surface area (Å²) < 4.78 is 6.65. The summed E-state index contributed by atoms with van der Waals surface area (Å²) in [5, 5.41) is 4.88. The number of hydrogen-bond acceptors (Lipinski definition) is 3. The molecule has 266 valence electrons. The van der Waals surface area contributed by atoms with E-state index < -0.39 is 0 Å². The van der Waals surface area contributed by atoms with E-state index >= 15 is 0 Å². The Bertz CT molecular complexity index is 3000. The first-order valence-corrected chi connectivity index (χ1v) is 20.0. The molecular weight excluding hydrogens is 667 g/mol. The highest BCUT2D eigenvalue weighted by Crippen LogP contribution is 2.57. The van der Waals surface area contributed by atoms with Crippen LogP contribution in [0.15, 0.2) is 132 Å². The molecule has 4 aliphatic rings. The molecule has 8 aromatic rings. The summed E-state index contributed by atoms with van der Waals surface area (Å²) in [4.78, 5) is 5.34. The molecule has 0 saturated carbocycles. The van der Waals surface area contributed by atoms with Gasteiger partial charge >= 0.3 is 6.85 Å². The first-order chi connectivity index (χ1) is 26.5. The Hall–Kier alpha value is -5.74. The first-order valence-electron chi connectivity index (χ1n) is 20.0. The molecular formula is C51H43BN2O. The molecule has 0 atom stereocenters. The number of hydrogen-bond donors (Lipinski definition) is 0. The van der Waals surface area contributed by atoms with E-state index in [1.165, 1.54) is 102 Å². The summed E-state index contributed by atoms with van der Waals surface area (Å²) in [7, 11) is 0. The minimum Gasteiger partial charge on any atom is -0.456 e. The van der Waals surface area contributed by atoms with Crippen molar-refractivity contribution in [3.63, 3.8) is 0 Å². The summed E-state index contributed by atoms with van der Waals surface area (Å²) >= 11 is 0. The fourth-order valence-corrected chi connectivity index (χ4v) is 11.2. The Kier molecular flexibility index (Phi) is 5.92. The zero-order valence-electron chi connectivity index (χ0n) is 32.4. The average Bonchev–Trinajstić information content (AvgIpc) is 3.58. The molecule has 0 fully saturated rings. The van der Waals surface area contributed by atoms with Crippen LogP contribution in [0.2, 0.25) is 0 Å². The monoisotopic (exact) mass is 710 g/mol. The lowest BCUT2D eigenvalue weighted by atomic mass is 9.42. The molecule has 3 nitrogen and oxygen atoms in total. The van der Waals surface area contributed by atoms with E-state index in [9.17, 15) is 0 Å². The van der Waals surface area contributed by atoms with Gasteiger partial charge in [0.15, 0.2) is 0 Å². The van der Waals surface area contributed by atoms with E-state index in [1.807, 2.05) is 0 Å². The van der Waals surface area contributed by atoms with Crippen LogP contribution in [0.25, 0.3) is 43.8 Å². The molecule has 4 heteroatoms. The fraction of sp³-hybridized carbons (Fsp3) is 0.216. The minimum atomic E-state index is -0.177. The lowest BCUT2D eigenvalue weighted by molar-refractivity contribution is 0.332. The van der Waals surface area contributed by atoms with Gasteiger partial charge in [-0.2, -0.15) is 0 Å². The lowest BCUT2D eigenvalue weighted by Crippen LogP contribution is -2.62. The van der Waals surface area contributed by atoms with Gasteiger partial charge in [0, 0.05) is 44.2 Å². The number of para-hydroxylation sites is 3. The van der Waals surface area contributed by atoms with E-state index in [0.29, 0.717) is 0 Å². The second kappa shape index (κ2) is 10.3. The Morgan fingerprint density at radius 1 is 0.564 bits per heavy atom. The SMILES string of the molecule is CC1(C)CCC(C)(C)c2cc(N3B4c5cccc6c5N(c5ccccc5C6(C)C)c5c4c(cc4ccccc54)-c4c3ccc3oc5ccccc5c43)ccc21. The highest BCUT2D eigenvalue weighted by Gasteiger charge is 2.50. The summed E-state index contributed by atoms with van der Waals surface area (Å²) in [5.41, 5.74) is 19.2. The van der Waals surface area contributed by atoms with E-state index in [4.69, 9.17) is 4.42 Å². The van der Waals surface area contributed by atoms with Crippen LogP contribution in [-0.2, 0) is 16.2 Å². The maximum absolute atomic E-state index is 6.65. The average molecular weight is 711 g/mol. The van der Waals surface area contributed by atoms with Crippen LogP contribution in [0.1, 0.15) is 76.6 Å². The molecule has 0 spiro atoms. The summed E-state index contributed by atoms with van der Waals surface area (Å²) in [5.74, 6) is 0. The normalized spacial score (nSPS) is 17.8. The van der Waals surface area contributed by atoms with Crippen LogP contribution in [0.3, 0.4) is 0 Å². The number of furan rings is 1. The standard InChI is InChI=1S/C51H43BN2O/c1-49(2)26-27-50(3,4)38-29-31(22-23-35(38)49)54-41-24-25-43-45(33-16-9-12-21-42(33)55-43)44(41)34-28-30-14-7-8-15-32(30)47-46(34)52(54)39-19-13-18-37-48(39)53(47)40-20-11-10-17-36(40)51(37,5)6/h7-25,28-29H,26-27H2,1-6H3. The Morgan fingerprint density at radius 3 is 2.15 bits per heavy atom. The maximum Gasteiger partial charge on any atom is 0.333 e. The number of rotatable bonds is 1. The zero-order chi connectivity index (χ0) is 37.2. The van der Waals surface area contributed by atoms with Crippen molar-refractivity contribution in [1.29, 1.82) is 0 Å². The highest BCUT2D eigenvalue weighted by molar-refractivity contribution is 6.94. The van der Waals surface area contributed by atoms with Gasteiger partial charge in [0.05, 0.1) is 11.4 Å². The lowest BCUT2D eigenvalue weighted by Gasteiger charge is -2.51. The van der Waals surface area contributed by atoms with Gasteiger partial charge in [-0.1, -0.05) is 126 Å². The van der Waals surface area contributed by atoms with Crippen molar-refractivity contribution in [3.05, 3.63) is 150 Å². The van der Waals surface area contributed by atoms with E-state index in [-0.39, 0.29) is 23.1 Å². The molecule has 0 bridgehead atoms. The smallest absolute Gasteiger partial charge is 0.333 e. The quantitative estimate of drug-likeness (QED) is 0.158. The van der Waals surface area contributed by atoms with E-state index in [1.54, 1.807) is 0 Å². The van der Waals surface area contributed by atoms with Gasteiger partial charge in [-0.3, -0.25) is 0 Å². The van der Waals surface area contributed by atoms with Crippen LogP contribution in [0.4, 0.5) is 28.4 Å². The van der Waals surface area contributed by atoms with Crippen molar-refractivity contribution in [3.8, 4) is 11.1 Å². The second-order valence-electron chi connectivity index (χ2n) is 18.3. The van der Waals surface area contributed by atoms with Gasteiger partial charge in [-0.25, -0.2) is 0 Å². The molecule has 12 rings (SSSR count). The largest absolute Gasteiger partial charge is 0.456 e. The highest BCUT2D eigenvalue weighted by atomic mass is 16.3. The second-order valence-corrected chi connectivity index (χ2v) is 18.3. The third-order valence-electron chi connectivity index (χ3n) is 14.1. The molecule has 0 N–H and O–H groups in total. The van der Waals surface area contributed by atoms with Crippen LogP contribution in [0, 0.1) is 0 Å². The van der Waals surface area contributed by atoms with E-state index in [2.05, 4.69) is 179 Å². The number of benzene rings is 7. The Balaban J connectivity index is 1.28. The summed E-state index contributed by atoms with van der Waals surface area (Å²) in [6, 6.07) is 48.3. The molecule has 0 amide bonds. The van der Waals surface area contributed by atoms with Gasteiger partial charge in [0.2, 0.25) is 0 Å². The summed E-state index contributed by atoms with van der Waals surface area (Å²) in [6.07, 6.45) is 2.37. The van der Waals surface area contributed by atoms with Crippen LogP contribution in [-0.4, -0.2) is 6.85 Å². The van der Waals surface area contributed by atoms with Gasteiger partial charge in [-0.05, 0) is 110 Å². The van der Waals surface area contributed by atoms with Crippen molar-refractivity contribution in [2.75, 3.05) is 9.71 Å². The molecule has 0 saturated heterocycles.